The van der Waals surface area contributed by atoms with Crippen LogP contribution < -0.4 is 9.47 Å². The summed E-state index contributed by atoms with van der Waals surface area (Å²) in [5.41, 5.74) is 3.53. The van der Waals surface area contributed by atoms with E-state index in [0.717, 1.165) is 22.3 Å². The van der Waals surface area contributed by atoms with Crippen molar-refractivity contribution in [3.8, 4) is 11.5 Å². The van der Waals surface area contributed by atoms with Crippen molar-refractivity contribution in [2.45, 2.75) is 13.3 Å². The van der Waals surface area contributed by atoms with E-state index in [1.54, 1.807) is 7.11 Å². The van der Waals surface area contributed by atoms with Crippen molar-refractivity contribution in [2.24, 2.45) is 0 Å². The van der Waals surface area contributed by atoms with E-state index < -0.39 is 0 Å². The van der Waals surface area contributed by atoms with Gasteiger partial charge in [-0.15, -0.1) is 0 Å². The molecule has 0 aromatic heterocycles. The number of hydrogen-bond donors (Lipinski definition) is 0. The van der Waals surface area contributed by atoms with Gasteiger partial charge in [-0.05, 0) is 24.6 Å². The molecule has 0 N–H and O–H groups in total. The van der Waals surface area contributed by atoms with Crippen molar-refractivity contribution in [1.82, 2.24) is 0 Å². The maximum atomic E-state index is 12.5. The summed E-state index contributed by atoms with van der Waals surface area (Å²) >= 11 is 0. The lowest BCUT2D eigenvalue weighted by Crippen LogP contribution is -1.98. The highest BCUT2D eigenvalue weighted by Gasteiger charge is 2.24. The molecule has 0 radical (unpaired) electrons. The molecule has 0 fully saturated rings. The van der Waals surface area contributed by atoms with Gasteiger partial charge in [-0.25, -0.2) is 0 Å². The van der Waals surface area contributed by atoms with Crippen LogP contribution in [0.3, 0.4) is 0 Å². The van der Waals surface area contributed by atoms with Gasteiger partial charge in [-0.3, -0.25) is 4.79 Å². The fourth-order valence-corrected chi connectivity index (χ4v) is 2.79. The standard InChI is InChI=1S/C19H18O3/c1-3-22-17-10-6-8-14(19(17)21-2)12-15-11-13-7-4-5-9-16(13)18(15)20/h4-10,12H,3,11H2,1-2H3. The molecule has 0 bridgehead atoms. The molecule has 0 amide bonds. The Morgan fingerprint density at radius 3 is 2.68 bits per heavy atom. The largest absolute Gasteiger partial charge is 0.492 e. The summed E-state index contributed by atoms with van der Waals surface area (Å²) in [5, 5.41) is 0. The lowest BCUT2D eigenvalue weighted by molar-refractivity contribution is 0.104. The quantitative estimate of drug-likeness (QED) is 0.802. The number of ether oxygens (including phenoxy) is 2. The van der Waals surface area contributed by atoms with Crippen molar-refractivity contribution in [3.05, 3.63) is 64.7 Å². The van der Waals surface area contributed by atoms with Crippen LogP contribution in [0.4, 0.5) is 0 Å². The van der Waals surface area contributed by atoms with Crippen LogP contribution in [-0.2, 0) is 6.42 Å². The first kappa shape index (κ1) is 14.4. The number of para-hydroxylation sites is 1. The number of methoxy groups -OCH3 is 1. The number of fused-ring (bicyclic) bond motifs is 1. The van der Waals surface area contributed by atoms with Crippen LogP contribution in [0.1, 0.15) is 28.4 Å². The average molecular weight is 294 g/mol. The maximum absolute atomic E-state index is 12.5. The van der Waals surface area contributed by atoms with Gasteiger partial charge in [0.25, 0.3) is 0 Å². The zero-order valence-electron chi connectivity index (χ0n) is 12.8. The summed E-state index contributed by atoms with van der Waals surface area (Å²) in [5.74, 6) is 1.46. The molecule has 3 rings (SSSR count). The molecule has 22 heavy (non-hydrogen) atoms. The smallest absolute Gasteiger partial charge is 0.189 e. The molecule has 0 saturated carbocycles. The third kappa shape index (κ3) is 2.50. The van der Waals surface area contributed by atoms with Crippen molar-refractivity contribution in [3.63, 3.8) is 0 Å². The van der Waals surface area contributed by atoms with Gasteiger partial charge in [0, 0.05) is 23.1 Å². The van der Waals surface area contributed by atoms with Gasteiger partial charge in [-0.2, -0.15) is 0 Å². The zero-order valence-corrected chi connectivity index (χ0v) is 12.8. The molecule has 0 spiro atoms. The van der Waals surface area contributed by atoms with Gasteiger partial charge >= 0.3 is 0 Å². The Hall–Kier alpha value is -2.55. The second-order valence-electron chi connectivity index (χ2n) is 5.14. The lowest BCUT2D eigenvalue weighted by Gasteiger charge is -2.12. The third-order valence-corrected chi connectivity index (χ3v) is 3.78. The number of carbonyl (C=O) groups excluding carboxylic acids is 1. The Bertz CT molecular complexity index is 744. The van der Waals surface area contributed by atoms with E-state index in [1.807, 2.05) is 55.5 Å². The van der Waals surface area contributed by atoms with Crippen LogP contribution in [-0.4, -0.2) is 19.5 Å². The van der Waals surface area contributed by atoms with E-state index in [-0.39, 0.29) is 5.78 Å². The number of Topliss-reactive ketones (excluding diaryl/α,β-unsaturated/α-hetero) is 1. The zero-order chi connectivity index (χ0) is 15.5. The van der Waals surface area contributed by atoms with E-state index >= 15 is 0 Å². The highest BCUT2D eigenvalue weighted by atomic mass is 16.5. The van der Waals surface area contributed by atoms with Crippen molar-refractivity contribution in [2.75, 3.05) is 13.7 Å². The number of carbonyl (C=O) groups is 1. The highest BCUT2D eigenvalue weighted by Crippen LogP contribution is 2.35. The first-order valence-corrected chi connectivity index (χ1v) is 7.37. The molecule has 1 aliphatic carbocycles. The molecule has 1 aliphatic rings. The van der Waals surface area contributed by atoms with Crippen molar-refractivity contribution >= 4 is 11.9 Å². The molecule has 2 aromatic rings. The number of hydrogen-bond acceptors (Lipinski definition) is 3. The fraction of sp³-hybridized carbons (Fsp3) is 0.211. The predicted octanol–water partition coefficient (Wildman–Crippen LogP) is 3.92. The van der Waals surface area contributed by atoms with E-state index in [9.17, 15) is 4.79 Å². The van der Waals surface area contributed by atoms with E-state index in [4.69, 9.17) is 9.47 Å². The molecule has 0 saturated heterocycles. The third-order valence-electron chi connectivity index (χ3n) is 3.78. The monoisotopic (exact) mass is 294 g/mol. The van der Waals surface area contributed by atoms with Crippen molar-refractivity contribution < 1.29 is 14.3 Å². The summed E-state index contributed by atoms with van der Waals surface area (Å²) in [6, 6.07) is 13.5. The highest BCUT2D eigenvalue weighted by molar-refractivity contribution is 6.15. The molecule has 0 aliphatic heterocycles. The van der Waals surface area contributed by atoms with Crippen LogP contribution in [0, 0.1) is 0 Å². The molecular weight excluding hydrogens is 276 g/mol. The van der Waals surface area contributed by atoms with Crippen LogP contribution in [0.25, 0.3) is 6.08 Å². The van der Waals surface area contributed by atoms with E-state index in [0.29, 0.717) is 24.5 Å². The first-order chi connectivity index (χ1) is 10.7. The maximum Gasteiger partial charge on any atom is 0.189 e. The number of ketones is 1. The Kier molecular flexibility index (Phi) is 3.96. The second-order valence-corrected chi connectivity index (χ2v) is 5.14. The minimum absolute atomic E-state index is 0.0967. The molecule has 0 unspecified atom stereocenters. The molecule has 3 nitrogen and oxygen atoms in total. The minimum atomic E-state index is 0.0967. The van der Waals surface area contributed by atoms with E-state index in [2.05, 4.69) is 0 Å². The summed E-state index contributed by atoms with van der Waals surface area (Å²) in [7, 11) is 1.62. The Labute approximate surface area is 130 Å². The normalized spacial score (nSPS) is 15.0. The molecule has 0 heterocycles. The topological polar surface area (TPSA) is 35.5 Å². The lowest BCUT2D eigenvalue weighted by atomic mass is 10.1. The molecule has 2 aromatic carbocycles. The van der Waals surface area contributed by atoms with Crippen LogP contribution >= 0.6 is 0 Å². The van der Waals surface area contributed by atoms with Gasteiger partial charge in [0.05, 0.1) is 13.7 Å². The Morgan fingerprint density at radius 1 is 1.14 bits per heavy atom. The minimum Gasteiger partial charge on any atom is -0.492 e. The molecular formula is C19H18O3. The van der Waals surface area contributed by atoms with Crippen LogP contribution in [0.15, 0.2) is 48.0 Å². The van der Waals surface area contributed by atoms with Crippen LogP contribution in [0.2, 0.25) is 0 Å². The number of benzene rings is 2. The van der Waals surface area contributed by atoms with Crippen molar-refractivity contribution in [1.29, 1.82) is 0 Å². The first-order valence-electron chi connectivity index (χ1n) is 7.37. The summed E-state index contributed by atoms with van der Waals surface area (Å²) in [6.07, 6.45) is 2.57. The van der Waals surface area contributed by atoms with Gasteiger partial charge in [0.15, 0.2) is 17.3 Å². The Morgan fingerprint density at radius 2 is 1.95 bits per heavy atom. The SMILES string of the molecule is CCOc1cccc(C=C2Cc3ccccc3C2=O)c1OC. The molecule has 3 heteroatoms. The van der Waals surface area contributed by atoms with Gasteiger partial charge in [0.1, 0.15) is 0 Å². The molecule has 0 atom stereocenters. The average Bonchev–Trinajstić information content (AvgIpc) is 2.85. The summed E-state index contributed by atoms with van der Waals surface area (Å²) in [4.78, 5) is 12.5. The van der Waals surface area contributed by atoms with Gasteiger partial charge in [0.2, 0.25) is 0 Å². The van der Waals surface area contributed by atoms with Crippen LogP contribution in [0.5, 0.6) is 11.5 Å². The van der Waals surface area contributed by atoms with E-state index in [1.165, 1.54) is 0 Å². The predicted molar refractivity (Wildman–Crippen MR) is 86.6 cm³/mol. The molecule has 112 valence electrons. The summed E-state index contributed by atoms with van der Waals surface area (Å²) < 4.78 is 11.1. The number of rotatable bonds is 4. The fourth-order valence-electron chi connectivity index (χ4n) is 2.79. The Balaban J connectivity index is 2.00. The van der Waals surface area contributed by atoms with Gasteiger partial charge in [-0.1, -0.05) is 36.4 Å². The second kappa shape index (κ2) is 6.06. The van der Waals surface area contributed by atoms with Gasteiger partial charge < -0.3 is 9.47 Å². The number of allylic oxidation sites excluding steroid dienone is 1. The summed E-state index contributed by atoms with van der Waals surface area (Å²) in [6.45, 7) is 2.50.